The smallest absolute Gasteiger partial charge is 0.417 e. The molecule has 1 aliphatic rings. The molecule has 0 saturated carbocycles. The molecule has 8 unspecified atom stereocenters. The summed E-state index contributed by atoms with van der Waals surface area (Å²) >= 11 is 1.25. The lowest BCUT2D eigenvalue weighted by atomic mass is 9.94. The molecule has 12 N–H and O–H groups in total. The molecule has 3 rings (SSSR count). The Bertz CT molecular complexity index is 2420. The maximum atomic E-state index is 14.7. The molecular weight excluding hydrogens is 1030 g/mol. The van der Waals surface area contributed by atoms with Crippen LogP contribution in [0.3, 0.4) is 0 Å². The Kier molecular flexibility index (Phi) is 26.0. The minimum Gasteiger partial charge on any atom is -0.497 e. The zero-order valence-electron chi connectivity index (χ0n) is 45.7. The van der Waals surface area contributed by atoms with E-state index in [-0.39, 0.29) is 43.9 Å². The lowest BCUT2D eigenvalue weighted by molar-refractivity contribution is -0.143. The number of methoxy groups -OCH3 is 1. The first-order chi connectivity index (χ1) is 36.6. The van der Waals surface area contributed by atoms with Crippen LogP contribution in [0.25, 0.3) is 0 Å². The standard InChI is InChI=1S/C53H78N10O14S/c1-9-31(4)44(63(52(75)77-53(5,6)7)50(73)35(54)25-32-17-19-34(76-8)20-18-32)49(72)58-36(21-22-41(55)64)46(69)59-38(26-42(56)65)47(70)61-39(29-78-28-33-14-11-10-12-15-33)51(74)62-23-13-16-40(62)48(71)60-37(24-30(2)3)45(68)57-27-43(66)67/h10-12,14-15,17-20,30-31,35-40,44H,9,13,16,21-29,54H2,1-8H3,(H2,55,64)(H2,56,65)(H,57,68)(H,58,72)(H,59,69)(H,60,71)(H,61,70)(H,66,67). The van der Waals surface area contributed by atoms with Crippen LogP contribution in [-0.4, -0.2) is 154 Å². The summed E-state index contributed by atoms with van der Waals surface area (Å²) in [6.07, 6.45) is -2.20. The third kappa shape index (κ3) is 21.3. The van der Waals surface area contributed by atoms with E-state index in [1.807, 2.05) is 30.3 Å². The Balaban J connectivity index is 2.00. The molecule has 0 aromatic heterocycles. The Morgan fingerprint density at radius 2 is 1.41 bits per heavy atom. The summed E-state index contributed by atoms with van der Waals surface area (Å²) in [7, 11) is 1.48. The minimum atomic E-state index is -1.81. The van der Waals surface area contributed by atoms with E-state index in [1.54, 1.807) is 72.7 Å². The number of nitrogens with two attached hydrogens (primary N) is 3. The fourth-order valence-electron chi connectivity index (χ4n) is 8.36. The summed E-state index contributed by atoms with van der Waals surface area (Å²) in [5.41, 5.74) is 17.9. The number of nitrogens with one attached hydrogen (secondary N) is 5. The maximum Gasteiger partial charge on any atom is 0.417 e. The van der Waals surface area contributed by atoms with E-state index < -0.39 is 145 Å². The zero-order chi connectivity index (χ0) is 58.4. The first-order valence-electron chi connectivity index (χ1n) is 25.8. The van der Waals surface area contributed by atoms with Crippen molar-refractivity contribution in [2.24, 2.45) is 29.0 Å². The largest absolute Gasteiger partial charge is 0.497 e. The van der Waals surface area contributed by atoms with E-state index >= 15 is 0 Å². The lowest BCUT2D eigenvalue weighted by Crippen LogP contribution is -2.62. The van der Waals surface area contributed by atoms with Gasteiger partial charge in [-0.15, -0.1) is 0 Å². The van der Waals surface area contributed by atoms with Gasteiger partial charge in [0.2, 0.25) is 53.2 Å². The van der Waals surface area contributed by atoms with Crippen LogP contribution in [0.4, 0.5) is 4.79 Å². The number of hydrogen-bond donors (Lipinski definition) is 9. The van der Waals surface area contributed by atoms with Gasteiger partial charge in [0, 0.05) is 24.5 Å². The molecule has 24 nitrogen and oxygen atoms in total. The van der Waals surface area contributed by atoms with Crippen LogP contribution in [0.5, 0.6) is 5.75 Å². The monoisotopic (exact) mass is 1110 g/mol. The number of carbonyl (C=O) groups excluding carboxylic acids is 10. The third-order valence-corrected chi connectivity index (χ3v) is 13.5. The number of primary amides is 2. The Morgan fingerprint density at radius 1 is 0.795 bits per heavy atom. The highest BCUT2D eigenvalue weighted by atomic mass is 32.2. The summed E-state index contributed by atoms with van der Waals surface area (Å²) in [5.74, 6) is -9.68. The highest BCUT2D eigenvalue weighted by Crippen LogP contribution is 2.24. The summed E-state index contributed by atoms with van der Waals surface area (Å²) in [5, 5.41) is 21.6. The fraction of sp³-hybridized carbons (Fsp3) is 0.566. The molecule has 0 aliphatic carbocycles. The number of imide groups is 1. The van der Waals surface area contributed by atoms with Gasteiger partial charge in [-0.1, -0.05) is 76.6 Å². The van der Waals surface area contributed by atoms with Gasteiger partial charge in [0.25, 0.3) is 0 Å². The van der Waals surface area contributed by atoms with Crippen LogP contribution in [0.2, 0.25) is 0 Å². The van der Waals surface area contributed by atoms with Gasteiger partial charge in [0.1, 0.15) is 54.1 Å². The number of rotatable bonds is 30. The van der Waals surface area contributed by atoms with E-state index in [0.29, 0.717) is 28.4 Å². The average Bonchev–Trinajstić information content (AvgIpc) is 3.87. The molecule has 2 aromatic carbocycles. The zero-order valence-corrected chi connectivity index (χ0v) is 46.5. The van der Waals surface area contributed by atoms with Gasteiger partial charge in [0.05, 0.1) is 19.6 Å². The van der Waals surface area contributed by atoms with E-state index in [2.05, 4.69) is 26.6 Å². The molecule has 1 aliphatic heterocycles. The van der Waals surface area contributed by atoms with Crippen LogP contribution in [0, 0.1) is 11.8 Å². The van der Waals surface area contributed by atoms with Crippen LogP contribution in [0.15, 0.2) is 54.6 Å². The molecular formula is C53H78N10O14S. The topological polar surface area (TPSA) is 371 Å². The third-order valence-electron chi connectivity index (χ3n) is 12.4. The number of carbonyl (C=O) groups is 11. The predicted octanol–water partition coefficient (Wildman–Crippen LogP) is 0.995. The van der Waals surface area contributed by atoms with Crippen LogP contribution in [0.1, 0.15) is 105 Å². The number of hydrogen-bond acceptors (Lipinski definition) is 15. The second-order valence-corrected chi connectivity index (χ2v) is 21.6. The first kappa shape index (κ1) is 65.0. The Labute approximate surface area is 459 Å². The quantitative estimate of drug-likeness (QED) is 0.0527. The molecule has 0 bridgehead atoms. The second-order valence-electron chi connectivity index (χ2n) is 20.5. The molecule has 78 heavy (non-hydrogen) atoms. The van der Waals surface area contributed by atoms with Crippen molar-refractivity contribution in [3.63, 3.8) is 0 Å². The number of carboxylic acid groups (broad SMARTS) is 1. The van der Waals surface area contributed by atoms with Crippen LogP contribution >= 0.6 is 11.8 Å². The number of nitrogens with zero attached hydrogens (tertiary/aromatic N) is 2. The van der Waals surface area contributed by atoms with Crippen molar-refractivity contribution < 1.29 is 67.3 Å². The molecule has 10 amide bonds. The summed E-state index contributed by atoms with van der Waals surface area (Å²) in [4.78, 5) is 151. The number of aliphatic carboxylic acids is 1. The predicted molar refractivity (Wildman–Crippen MR) is 288 cm³/mol. The van der Waals surface area contributed by atoms with E-state index in [1.165, 1.54) is 23.8 Å². The molecule has 2 aromatic rings. The molecule has 0 radical (unpaired) electrons. The Hall–Kier alpha value is -7.28. The number of ether oxygens (including phenoxy) is 2. The van der Waals surface area contributed by atoms with Gasteiger partial charge in [-0.3, -0.25) is 47.9 Å². The SMILES string of the molecule is CCC(C)C(C(=O)NC(CCC(N)=O)C(=O)NC(CC(N)=O)C(=O)NC(CSCc1ccccc1)C(=O)N1CCCC1C(=O)NC(CC(C)C)C(=O)NCC(=O)O)N(C(=O)OC(C)(C)C)C(=O)C(N)Cc1ccc(OC)cc1. The van der Waals surface area contributed by atoms with Crippen molar-refractivity contribution in [3.05, 3.63) is 65.7 Å². The van der Waals surface area contributed by atoms with Crippen LogP contribution in [-0.2, 0) is 64.9 Å². The first-order valence-corrected chi connectivity index (χ1v) is 27.0. The second kappa shape index (κ2) is 31.2. The average molecular weight is 1110 g/mol. The summed E-state index contributed by atoms with van der Waals surface area (Å²) < 4.78 is 10.8. The van der Waals surface area contributed by atoms with Crippen molar-refractivity contribution >= 4 is 77.0 Å². The maximum absolute atomic E-state index is 14.7. The fourth-order valence-corrected chi connectivity index (χ4v) is 9.37. The van der Waals surface area contributed by atoms with Gasteiger partial charge in [-0.2, -0.15) is 11.8 Å². The number of carboxylic acids is 1. The highest BCUT2D eigenvalue weighted by Gasteiger charge is 2.44. The Morgan fingerprint density at radius 3 is 1.97 bits per heavy atom. The molecule has 8 atom stereocenters. The number of thioether (sulfide) groups is 1. The number of benzene rings is 2. The molecule has 1 fully saturated rings. The summed E-state index contributed by atoms with van der Waals surface area (Å²) in [6, 6.07) is 5.61. The molecule has 430 valence electrons. The molecule has 1 saturated heterocycles. The van der Waals surface area contributed by atoms with Crippen molar-refractivity contribution in [1.82, 2.24) is 36.4 Å². The molecule has 25 heteroatoms. The van der Waals surface area contributed by atoms with Gasteiger partial charge in [-0.05, 0) is 88.0 Å². The van der Waals surface area contributed by atoms with Crippen molar-refractivity contribution in [3.8, 4) is 5.75 Å². The van der Waals surface area contributed by atoms with Crippen LogP contribution < -0.4 is 48.5 Å². The lowest BCUT2D eigenvalue weighted by Gasteiger charge is -2.36. The molecule has 1 heterocycles. The van der Waals surface area contributed by atoms with Gasteiger partial charge >= 0.3 is 12.1 Å². The van der Waals surface area contributed by atoms with E-state index in [9.17, 15) is 52.7 Å². The molecule has 0 spiro atoms. The van der Waals surface area contributed by atoms with Crippen molar-refractivity contribution in [2.75, 3.05) is 26.0 Å². The van der Waals surface area contributed by atoms with Gasteiger partial charge in [-0.25, -0.2) is 9.69 Å². The van der Waals surface area contributed by atoms with E-state index in [0.717, 1.165) is 5.56 Å². The number of amides is 10. The van der Waals surface area contributed by atoms with Crippen molar-refractivity contribution in [1.29, 1.82) is 0 Å². The minimum absolute atomic E-state index is 0.0680. The van der Waals surface area contributed by atoms with E-state index in [4.69, 9.17) is 31.8 Å². The van der Waals surface area contributed by atoms with Gasteiger partial charge < -0.3 is 63.3 Å². The van der Waals surface area contributed by atoms with Crippen molar-refractivity contribution in [2.45, 2.75) is 153 Å². The van der Waals surface area contributed by atoms with Gasteiger partial charge in [0.15, 0.2) is 0 Å². The normalized spacial score (nSPS) is 15.9. The highest BCUT2D eigenvalue weighted by molar-refractivity contribution is 7.98. The number of likely N-dealkylation sites (tertiary alicyclic amines) is 1. The summed E-state index contributed by atoms with van der Waals surface area (Å²) in [6.45, 7) is 10.9.